The van der Waals surface area contributed by atoms with Crippen molar-refractivity contribution >= 4 is 23.5 Å². The van der Waals surface area contributed by atoms with Gasteiger partial charge in [-0.15, -0.1) is 0 Å². The molecular weight excluding hydrogens is 256 g/mol. The van der Waals surface area contributed by atoms with Gasteiger partial charge in [0.15, 0.2) is 0 Å². The first kappa shape index (κ1) is 12.8. The lowest BCUT2D eigenvalue weighted by Gasteiger charge is -2.40. The van der Waals surface area contributed by atoms with Gasteiger partial charge in [0.05, 0.1) is 11.1 Å². The van der Waals surface area contributed by atoms with Crippen LogP contribution in [0.3, 0.4) is 0 Å². The van der Waals surface area contributed by atoms with Crippen LogP contribution in [0.5, 0.6) is 0 Å². The zero-order chi connectivity index (χ0) is 13.4. The summed E-state index contributed by atoms with van der Waals surface area (Å²) < 4.78 is 0. The average Bonchev–Trinajstić information content (AvgIpc) is 2.36. The molecule has 0 saturated carbocycles. The molecule has 1 aliphatic rings. The molecule has 0 spiro atoms. The number of nitrogens with two attached hydrogens (primary N) is 1. The Morgan fingerprint density at radius 2 is 2.06 bits per heavy atom. The van der Waals surface area contributed by atoms with Crippen LogP contribution >= 0.6 is 11.6 Å². The van der Waals surface area contributed by atoms with E-state index in [1.807, 2.05) is 0 Å². The molecule has 0 aromatic carbocycles. The minimum atomic E-state index is -0.836. The Hall–Kier alpha value is -1.66. The van der Waals surface area contributed by atoms with Gasteiger partial charge in [0.1, 0.15) is 6.04 Å². The molecule has 1 saturated heterocycles. The van der Waals surface area contributed by atoms with Gasteiger partial charge in [-0.1, -0.05) is 11.6 Å². The largest absolute Gasteiger partial charge is 0.326 e. The Bertz CT molecular complexity index is 486. The van der Waals surface area contributed by atoms with Crippen LogP contribution in [-0.4, -0.2) is 46.9 Å². The minimum Gasteiger partial charge on any atom is -0.318 e. The van der Waals surface area contributed by atoms with Gasteiger partial charge >= 0.3 is 6.03 Å². The number of rotatable bonds is 1. The molecule has 2 N–H and O–H groups in total. The van der Waals surface area contributed by atoms with Crippen LogP contribution in [-0.2, 0) is 4.79 Å². The Balaban J connectivity index is 2.46. The summed E-state index contributed by atoms with van der Waals surface area (Å²) in [6.07, 6.45) is 3.01. The van der Waals surface area contributed by atoms with E-state index in [1.54, 1.807) is 19.3 Å². The molecule has 3 amide bonds. The molecule has 2 rings (SSSR count). The zero-order valence-corrected chi connectivity index (χ0v) is 10.8. The molecular formula is C11H13ClN4O2. The number of urea groups is 1. The summed E-state index contributed by atoms with van der Waals surface area (Å²) in [6.45, 7) is 0. The molecule has 96 valence electrons. The smallest absolute Gasteiger partial charge is 0.318 e. The Morgan fingerprint density at radius 3 is 2.67 bits per heavy atom. The van der Waals surface area contributed by atoms with Crippen molar-refractivity contribution in [2.24, 2.45) is 5.73 Å². The van der Waals surface area contributed by atoms with Crippen molar-refractivity contribution in [2.75, 3.05) is 14.1 Å². The lowest BCUT2D eigenvalue weighted by molar-refractivity contribution is -0.133. The monoisotopic (exact) mass is 268 g/mol. The van der Waals surface area contributed by atoms with Crippen LogP contribution < -0.4 is 5.73 Å². The van der Waals surface area contributed by atoms with E-state index >= 15 is 0 Å². The summed E-state index contributed by atoms with van der Waals surface area (Å²) in [5, 5.41) is 0.384. The summed E-state index contributed by atoms with van der Waals surface area (Å²) in [5.41, 5.74) is 6.52. The highest BCUT2D eigenvalue weighted by Gasteiger charge is 2.42. The number of hydrogen-bond donors (Lipinski definition) is 1. The van der Waals surface area contributed by atoms with Gasteiger partial charge in [0, 0.05) is 26.5 Å². The van der Waals surface area contributed by atoms with E-state index in [4.69, 9.17) is 17.3 Å². The summed E-state index contributed by atoms with van der Waals surface area (Å²) >= 11 is 6.04. The molecule has 1 aromatic rings. The molecule has 18 heavy (non-hydrogen) atoms. The Kier molecular flexibility index (Phi) is 3.23. The van der Waals surface area contributed by atoms with E-state index in [1.165, 1.54) is 18.1 Å². The average molecular weight is 269 g/mol. The number of aromatic nitrogens is 1. The fourth-order valence-electron chi connectivity index (χ4n) is 2.08. The normalized spacial score (nSPS) is 24.7. The number of carbonyl (C=O) groups is 2. The molecule has 6 nitrogen and oxygen atoms in total. The second-order valence-corrected chi connectivity index (χ2v) is 4.57. The fraction of sp³-hybridized carbons (Fsp3) is 0.364. The first-order valence-corrected chi connectivity index (χ1v) is 5.72. The van der Waals surface area contributed by atoms with Crippen molar-refractivity contribution in [3.05, 3.63) is 29.0 Å². The maximum Gasteiger partial charge on any atom is 0.326 e. The van der Waals surface area contributed by atoms with Gasteiger partial charge in [0.2, 0.25) is 5.91 Å². The maximum absolute atomic E-state index is 11.9. The third-order valence-corrected chi connectivity index (χ3v) is 3.40. The summed E-state index contributed by atoms with van der Waals surface area (Å²) in [5.74, 6) is -0.420. The molecule has 7 heteroatoms. The van der Waals surface area contributed by atoms with E-state index in [-0.39, 0.29) is 0 Å². The van der Waals surface area contributed by atoms with E-state index in [0.717, 1.165) is 4.90 Å². The zero-order valence-electron chi connectivity index (χ0n) is 10.0. The number of pyridine rings is 1. The van der Waals surface area contributed by atoms with Crippen molar-refractivity contribution < 1.29 is 9.59 Å². The number of likely N-dealkylation sites (N-methyl/N-ethyl adjacent to an activating group) is 2. The highest BCUT2D eigenvalue weighted by Crippen LogP contribution is 2.31. The first-order valence-electron chi connectivity index (χ1n) is 5.34. The molecule has 2 unspecified atom stereocenters. The maximum atomic E-state index is 11.9. The van der Waals surface area contributed by atoms with Gasteiger partial charge < -0.3 is 10.6 Å². The Labute approximate surface area is 109 Å². The number of nitrogens with zero attached hydrogens (tertiary/aromatic N) is 3. The van der Waals surface area contributed by atoms with E-state index in [9.17, 15) is 9.59 Å². The first-order chi connectivity index (χ1) is 8.45. The summed E-state index contributed by atoms with van der Waals surface area (Å²) in [4.78, 5) is 30.1. The topological polar surface area (TPSA) is 79.5 Å². The van der Waals surface area contributed by atoms with Crippen LogP contribution in [0.25, 0.3) is 0 Å². The van der Waals surface area contributed by atoms with Crippen LogP contribution in [0.15, 0.2) is 18.5 Å². The summed E-state index contributed by atoms with van der Waals surface area (Å²) in [7, 11) is 3.00. The van der Waals surface area contributed by atoms with Crippen LogP contribution in [0.1, 0.15) is 11.6 Å². The van der Waals surface area contributed by atoms with E-state index in [2.05, 4.69) is 4.98 Å². The highest BCUT2D eigenvalue weighted by atomic mass is 35.5. The van der Waals surface area contributed by atoms with E-state index < -0.39 is 24.0 Å². The third-order valence-electron chi connectivity index (χ3n) is 3.08. The highest BCUT2D eigenvalue weighted by molar-refractivity contribution is 6.31. The molecule has 0 radical (unpaired) electrons. The molecule has 1 fully saturated rings. The SMILES string of the molecule is CN1C(=O)C(N)C(c2ccncc2Cl)N(C)C1=O. The predicted octanol–water partition coefficient (Wildman–Crippen LogP) is 0.627. The molecule has 2 heterocycles. The van der Waals surface area contributed by atoms with Crippen LogP contribution in [0.2, 0.25) is 5.02 Å². The predicted molar refractivity (Wildman–Crippen MR) is 65.9 cm³/mol. The van der Waals surface area contributed by atoms with Gasteiger partial charge in [-0.2, -0.15) is 0 Å². The minimum absolute atomic E-state index is 0.384. The van der Waals surface area contributed by atoms with Gasteiger partial charge in [-0.3, -0.25) is 14.7 Å². The standard InChI is InChI=1S/C11H13ClN4O2/c1-15-9(6-3-4-14-5-7(6)12)8(13)10(17)16(2)11(15)18/h3-5,8-9H,13H2,1-2H3. The van der Waals surface area contributed by atoms with E-state index in [0.29, 0.717) is 10.6 Å². The fourth-order valence-corrected chi connectivity index (χ4v) is 2.31. The van der Waals surface area contributed by atoms with Crippen LogP contribution in [0, 0.1) is 0 Å². The number of amides is 3. The van der Waals surface area contributed by atoms with Gasteiger partial charge in [-0.25, -0.2) is 4.79 Å². The lowest BCUT2D eigenvalue weighted by Crippen LogP contribution is -2.60. The number of hydrogen-bond acceptors (Lipinski definition) is 4. The quantitative estimate of drug-likeness (QED) is 0.810. The summed E-state index contributed by atoms with van der Waals surface area (Å²) in [6, 6.07) is -0.149. The van der Waals surface area contributed by atoms with Crippen molar-refractivity contribution in [2.45, 2.75) is 12.1 Å². The van der Waals surface area contributed by atoms with Crippen molar-refractivity contribution in [3.63, 3.8) is 0 Å². The van der Waals surface area contributed by atoms with Crippen LogP contribution in [0.4, 0.5) is 4.79 Å². The van der Waals surface area contributed by atoms with Gasteiger partial charge in [-0.05, 0) is 11.6 Å². The van der Waals surface area contributed by atoms with Gasteiger partial charge in [0.25, 0.3) is 0 Å². The molecule has 1 aromatic heterocycles. The van der Waals surface area contributed by atoms with Crippen molar-refractivity contribution in [1.82, 2.24) is 14.8 Å². The molecule has 0 bridgehead atoms. The molecule has 1 aliphatic heterocycles. The second kappa shape index (κ2) is 4.55. The number of imide groups is 1. The molecule has 0 aliphatic carbocycles. The number of halogens is 1. The number of carbonyl (C=O) groups excluding carboxylic acids is 2. The second-order valence-electron chi connectivity index (χ2n) is 4.16. The molecule has 2 atom stereocenters. The lowest BCUT2D eigenvalue weighted by atomic mass is 9.96. The third kappa shape index (κ3) is 1.83. The van der Waals surface area contributed by atoms with Crippen molar-refractivity contribution in [1.29, 1.82) is 0 Å². The Morgan fingerprint density at radius 1 is 1.39 bits per heavy atom. The van der Waals surface area contributed by atoms with Crippen molar-refractivity contribution in [3.8, 4) is 0 Å².